The van der Waals surface area contributed by atoms with Crippen molar-refractivity contribution >= 4 is 0 Å². The molecule has 0 radical (unpaired) electrons. The number of ether oxygens (including phenoxy) is 5. The monoisotopic (exact) mass is 489 g/mol. The quantitative estimate of drug-likeness (QED) is 0.421. The van der Waals surface area contributed by atoms with Gasteiger partial charge in [-0.25, -0.2) is 0 Å². The van der Waals surface area contributed by atoms with Gasteiger partial charge in [-0.2, -0.15) is 0 Å². The van der Waals surface area contributed by atoms with Gasteiger partial charge < -0.3 is 44.7 Å². The standard InChI is InChI=1S/C25H47NO8/c1-8-16-12(4)11(3)13(5)24(31-16)33-21-14(6)19(26)25(32-17(21)9-2)34-22-18(10-27)30-23(29)15(7)20(22)28/h11-25,27-29H,8-10,26H2,1-7H3/t11-,12-,13?,14+,15?,16?,17?,18?,19?,20+,21-,22+,23+,24-,25-/m0/s1. The lowest BCUT2D eigenvalue weighted by Crippen LogP contribution is -2.63. The van der Waals surface area contributed by atoms with Crippen molar-refractivity contribution in [3.8, 4) is 0 Å². The van der Waals surface area contributed by atoms with E-state index in [9.17, 15) is 15.3 Å². The van der Waals surface area contributed by atoms with Gasteiger partial charge in [0.15, 0.2) is 18.9 Å². The maximum absolute atomic E-state index is 10.7. The molecule has 9 nitrogen and oxygen atoms in total. The highest BCUT2D eigenvalue weighted by Gasteiger charge is 2.50. The van der Waals surface area contributed by atoms with Crippen molar-refractivity contribution in [1.29, 1.82) is 0 Å². The van der Waals surface area contributed by atoms with Crippen LogP contribution in [-0.2, 0) is 23.7 Å². The number of aliphatic hydroxyl groups is 3. The van der Waals surface area contributed by atoms with E-state index in [1.54, 1.807) is 6.92 Å². The first-order valence-electron chi connectivity index (χ1n) is 13.0. The molecule has 0 aromatic rings. The summed E-state index contributed by atoms with van der Waals surface area (Å²) in [6, 6.07) is -0.529. The molecule has 5 N–H and O–H groups in total. The Balaban J connectivity index is 1.72. The van der Waals surface area contributed by atoms with Gasteiger partial charge in [0.05, 0.1) is 37.1 Å². The van der Waals surface area contributed by atoms with Gasteiger partial charge in [0, 0.05) is 17.8 Å². The number of rotatable bonds is 7. The van der Waals surface area contributed by atoms with E-state index < -0.39 is 49.5 Å². The van der Waals surface area contributed by atoms with Crippen molar-refractivity contribution in [3.05, 3.63) is 0 Å². The van der Waals surface area contributed by atoms with Crippen LogP contribution in [0, 0.1) is 29.6 Å². The van der Waals surface area contributed by atoms with E-state index >= 15 is 0 Å². The van der Waals surface area contributed by atoms with Gasteiger partial charge >= 0.3 is 0 Å². The molecule has 6 unspecified atom stereocenters. The van der Waals surface area contributed by atoms with Crippen LogP contribution in [0.4, 0.5) is 0 Å². The number of hydrogen-bond donors (Lipinski definition) is 4. The fraction of sp³-hybridized carbons (Fsp3) is 1.00. The molecule has 34 heavy (non-hydrogen) atoms. The number of aliphatic hydroxyl groups excluding tert-OH is 3. The molecule has 0 aliphatic carbocycles. The normalized spacial score (nSPS) is 52.5. The Bertz CT molecular complexity index is 634. The average Bonchev–Trinajstić information content (AvgIpc) is 2.83. The molecule has 9 heteroatoms. The zero-order chi connectivity index (χ0) is 25.3. The Labute approximate surface area is 204 Å². The van der Waals surface area contributed by atoms with E-state index in [1.807, 2.05) is 13.8 Å². The molecule has 3 aliphatic heterocycles. The third kappa shape index (κ3) is 5.48. The predicted octanol–water partition coefficient (Wildman–Crippen LogP) is 1.60. The summed E-state index contributed by atoms with van der Waals surface area (Å²) < 4.78 is 30.8. The molecule has 3 aliphatic rings. The molecular weight excluding hydrogens is 442 g/mol. The van der Waals surface area contributed by atoms with Crippen LogP contribution in [0.3, 0.4) is 0 Å². The molecule has 3 heterocycles. The molecule has 15 atom stereocenters. The lowest BCUT2D eigenvalue weighted by atomic mass is 9.78. The maximum atomic E-state index is 10.7. The molecular formula is C25H47NO8. The second-order valence-electron chi connectivity index (χ2n) is 10.7. The number of nitrogens with two attached hydrogens (primary N) is 1. The van der Waals surface area contributed by atoms with Crippen molar-refractivity contribution in [2.75, 3.05) is 6.61 Å². The molecule has 0 bridgehead atoms. The molecule has 0 saturated carbocycles. The third-order valence-corrected chi connectivity index (χ3v) is 8.67. The summed E-state index contributed by atoms with van der Waals surface area (Å²) in [5.41, 5.74) is 6.58. The summed E-state index contributed by atoms with van der Waals surface area (Å²) in [6.07, 6.45) is -3.89. The largest absolute Gasteiger partial charge is 0.394 e. The predicted molar refractivity (Wildman–Crippen MR) is 125 cm³/mol. The van der Waals surface area contributed by atoms with Crippen molar-refractivity contribution in [3.63, 3.8) is 0 Å². The summed E-state index contributed by atoms with van der Waals surface area (Å²) in [5.74, 6) is 0.483. The van der Waals surface area contributed by atoms with Crippen molar-refractivity contribution < 1.29 is 39.0 Å². The van der Waals surface area contributed by atoms with E-state index in [-0.39, 0.29) is 36.4 Å². The first kappa shape index (κ1) is 28.2. The van der Waals surface area contributed by atoms with Crippen LogP contribution in [0.2, 0.25) is 0 Å². The highest BCUT2D eigenvalue weighted by Crippen LogP contribution is 2.40. The highest BCUT2D eigenvalue weighted by molar-refractivity contribution is 4.94. The van der Waals surface area contributed by atoms with Gasteiger partial charge in [0.25, 0.3) is 0 Å². The van der Waals surface area contributed by atoms with Crippen molar-refractivity contribution in [2.24, 2.45) is 35.3 Å². The molecule has 3 rings (SSSR count). The fourth-order valence-electron chi connectivity index (χ4n) is 5.61. The molecule has 0 amide bonds. The second kappa shape index (κ2) is 11.8. The first-order chi connectivity index (χ1) is 16.0. The second-order valence-corrected chi connectivity index (χ2v) is 10.7. The third-order valence-electron chi connectivity index (χ3n) is 8.67. The van der Waals surface area contributed by atoms with Crippen LogP contribution in [0.5, 0.6) is 0 Å². The van der Waals surface area contributed by atoms with Crippen LogP contribution in [0.1, 0.15) is 61.3 Å². The first-order valence-corrected chi connectivity index (χ1v) is 13.0. The van der Waals surface area contributed by atoms with Crippen LogP contribution in [-0.4, -0.2) is 83.5 Å². The van der Waals surface area contributed by atoms with Gasteiger partial charge in [0.1, 0.15) is 12.2 Å². The van der Waals surface area contributed by atoms with Gasteiger partial charge in [-0.05, 0) is 24.7 Å². The Morgan fingerprint density at radius 1 is 0.676 bits per heavy atom. The Kier molecular flexibility index (Phi) is 9.79. The average molecular weight is 490 g/mol. The Morgan fingerprint density at radius 2 is 1.26 bits per heavy atom. The molecule has 3 fully saturated rings. The zero-order valence-electron chi connectivity index (χ0n) is 21.7. The van der Waals surface area contributed by atoms with Crippen LogP contribution in [0.15, 0.2) is 0 Å². The highest BCUT2D eigenvalue weighted by atomic mass is 16.7. The summed E-state index contributed by atoms with van der Waals surface area (Å²) in [7, 11) is 0. The van der Waals surface area contributed by atoms with E-state index in [2.05, 4.69) is 27.7 Å². The van der Waals surface area contributed by atoms with E-state index in [1.165, 1.54) is 0 Å². The topological polar surface area (TPSA) is 133 Å². The van der Waals surface area contributed by atoms with Gasteiger partial charge in [-0.3, -0.25) is 0 Å². The summed E-state index contributed by atoms with van der Waals surface area (Å²) in [5, 5.41) is 30.4. The van der Waals surface area contributed by atoms with Crippen molar-refractivity contribution in [1.82, 2.24) is 0 Å². The van der Waals surface area contributed by atoms with Crippen LogP contribution >= 0.6 is 0 Å². The molecule has 0 aromatic heterocycles. The van der Waals surface area contributed by atoms with Crippen molar-refractivity contribution in [2.45, 2.75) is 123 Å². The van der Waals surface area contributed by atoms with E-state index in [0.717, 1.165) is 6.42 Å². The van der Waals surface area contributed by atoms with Crippen LogP contribution < -0.4 is 5.73 Å². The van der Waals surface area contributed by atoms with Crippen LogP contribution in [0.25, 0.3) is 0 Å². The van der Waals surface area contributed by atoms with Gasteiger partial charge in [-0.1, -0.05) is 48.5 Å². The zero-order valence-corrected chi connectivity index (χ0v) is 21.7. The Morgan fingerprint density at radius 3 is 1.85 bits per heavy atom. The molecule has 0 aromatic carbocycles. The maximum Gasteiger partial charge on any atom is 0.174 e. The summed E-state index contributed by atoms with van der Waals surface area (Å²) >= 11 is 0. The smallest absolute Gasteiger partial charge is 0.174 e. The summed E-state index contributed by atoms with van der Waals surface area (Å²) in [6.45, 7) is 14.1. The minimum Gasteiger partial charge on any atom is -0.394 e. The molecule has 0 spiro atoms. The van der Waals surface area contributed by atoms with Gasteiger partial charge in [0.2, 0.25) is 0 Å². The minimum absolute atomic E-state index is 0.105. The molecule has 200 valence electrons. The molecule has 3 saturated heterocycles. The fourth-order valence-corrected chi connectivity index (χ4v) is 5.61. The lowest BCUT2D eigenvalue weighted by Gasteiger charge is -2.50. The van der Waals surface area contributed by atoms with E-state index in [0.29, 0.717) is 18.3 Å². The van der Waals surface area contributed by atoms with Gasteiger partial charge in [-0.15, -0.1) is 0 Å². The summed E-state index contributed by atoms with van der Waals surface area (Å²) in [4.78, 5) is 0. The minimum atomic E-state index is -1.18. The Hall–Kier alpha value is -0.360. The number of hydrogen-bond acceptors (Lipinski definition) is 9. The SMILES string of the molecule is CCC1O[C@@H](O[C@@H]2C(CC)O[C@@H](O[C@@H]3C(CO)O[C@@H](O)C(C)[C@H]3O)C(N)[C@H]2C)C(C)[C@@H](C)[C@@H]1C. The lowest BCUT2D eigenvalue weighted by molar-refractivity contribution is -0.343. The van der Waals surface area contributed by atoms with E-state index in [4.69, 9.17) is 29.4 Å².